The molecule has 8 nitrogen and oxygen atoms in total. The third-order valence-corrected chi connectivity index (χ3v) is 8.34. The van der Waals surface area contributed by atoms with E-state index >= 15 is 0 Å². The fraction of sp³-hybridized carbons (Fsp3) is 0.250. The molecule has 1 N–H and O–H groups in total. The molecule has 0 bridgehead atoms. The Kier molecular flexibility index (Phi) is 7.84. The van der Waals surface area contributed by atoms with Crippen LogP contribution in [0.25, 0.3) is 0 Å². The zero-order valence-corrected chi connectivity index (χ0v) is 20.2. The van der Waals surface area contributed by atoms with E-state index in [-0.39, 0.29) is 10.8 Å². The molecule has 1 fully saturated rings. The lowest BCUT2D eigenvalue weighted by Crippen LogP contribution is -2.40. The summed E-state index contributed by atoms with van der Waals surface area (Å²) in [5.74, 6) is 0.483. The molecule has 10 heteroatoms. The van der Waals surface area contributed by atoms with Gasteiger partial charge in [-0.1, -0.05) is 42.1 Å². The van der Waals surface area contributed by atoms with Crippen LogP contribution in [0.2, 0.25) is 0 Å². The molecular weight excluding hydrogens is 474 g/mol. The van der Waals surface area contributed by atoms with Crippen molar-refractivity contribution >= 4 is 33.4 Å². The average molecular weight is 500 g/mol. The summed E-state index contributed by atoms with van der Waals surface area (Å²) in [4.78, 5) is 17.7. The summed E-state index contributed by atoms with van der Waals surface area (Å²) < 4.78 is 37.5. The Morgan fingerprint density at radius 1 is 1.06 bits per heavy atom. The van der Waals surface area contributed by atoms with Gasteiger partial charge in [0.05, 0.1) is 25.3 Å². The number of anilines is 1. The molecule has 178 valence electrons. The molecule has 1 saturated heterocycles. The molecule has 1 unspecified atom stereocenters. The normalized spacial score (nSPS) is 15.4. The maximum Gasteiger partial charge on any atom is 0.244 e. The number of hydrogen-bond donors (Lipinski definition) is 1. The molecule has 1 aliphatic heterocycles. The third kappa shape index (κ3) is 5.76. The first-order valence-corrected chi connectivity index (χ1v) is 13.0. The van der Waals surface area contributed by atoms with E-state index in [0.29, 0.717) is 42.8 Å². The van der Waals surface area contributed by atoms with Gasteiger partial charge >= 0.3 is 0 Å². The first-order valence-electron chi connectivity index (χ1n) is 10.7. The van der Waals surface area contributed by atoms with Gasteiger partial charge in [-0.3, -0.25) is 4.79 Å². The van der Waals surface area contributed by atoms with Gasteiger partial charge in [-0.15, -0.1) is 0 Å². The predicted octanol–water partition coefficient (Wildman–Crippen LogP) is 3.58. The van der Waals surface area contributed by atoms with Gasteiger partial charge in [-0.25, -0.2) is 13.4 Å². The highest BCUT2D eigenvalue weighted by atomic mass is 32.2. The Hall–Kier alpha value is -2.92. The molecule has 0 radical (unpaired) electrons. The summed E-state index contributed by atoms with van der Waals surface area (Å²) in [7, 11) is -2.05. The topological polar surface area (TPSA) is 97.8 Å². The minimum Gasteiger partial charge on any atom is -0.497 e. The Balaban J connectivity index is 1.52. The van der Waals surface area contributed by atoms with Crippen LogP contribution in [-0.4, -0.2) is 57.0 Å². The van der Waals surface area contributed by atoms with Crippen LogP contribution < -0.4 is 10.1 Å². The fourth-order valence-electron chi connectivity index (χ4n) is 3.43. The summed E-state index contributed by atoms with van der Waals surface area (Å²) >= 11 is 1.26. The van der Waals surface area contributed by atoms with Crippen molar-refractivity contribution in [2.45, 2.75) is 15.2 Å². The van der Waals surface area contributed by atoms with Crippen LogP contribution in [0.15, 0.2) is 82.8 Å². The van der Waals surface area contributed by atoms with Crippen molar-refractivity contribution in [2.75, 3.05) is 38.7 Å². The zero-order chi connectivity index (χ0) is 24.0. The third-order valence-electron chi connectivity index (χ3n) is 5.25. The number of amides is 1. The van der Waals surface area contributed by atoms with E-state index in [1.165, 1.54) is 28.3 Å². The van der Waals surface area contributed by atoms with Gasteiger partial charge in [0.1, 0.15) is 15.9 Å². The summed E-state index contributed by atoms with van der Waals surface area (Å²) in [6.45, 7) is 1.40. The van der Waals surface area contributed by atoms with Crippen molar-refractivity contribution in [1.29, 1.82) is 0 Å². The highest BCUT2D eigenvalue weighted by molar-refractivity contribution is 8.00. The van der Waals surface area contributed by atoms with Gasteiger partial charge in [0.25, 0.3) is 0 Å². The molecule has 4 rings (SSSR count). The lowest BCUT2D eigenvalue weighted by molar-refractivity contribution is -0.115. The monoisotopic (exact) mass is 499 g/mol. The van der Waals surface area contributed by atoms with Crippen LogP contribution in [0.3, 0.4) is 0 Å². The van der Waals surface area contributed by atoms with Crippen molar-refractivity contribution in [3.8, 4) is 5.75 Å². The molecule has 1 amide bonds. The molecule has 34 heavy (non-hydrogen) atoms. The molecule has 1 aliphatic rings. The molecule has 3 aromatic rings. The number of carbonyl (C=O) groups excluding carboxylic acids is 1. The maximum atomic E-state index is 13.2. The first kappa shape index (κ1) is 24.2. The van der Waals surface area contributed by atoms with E-state index in [2.05, 4.69) is 10.3 Å². The first-order chi connectivity index (χ1) is 16.5. The number of carbonyl (C=O) groups is 1. The molecule has 1 atom stereocenters. The summed E-state index contributed by atoms with van der Waals surface area (Å²) in [6, 6.07) is 19.6. The number of aromatic nitrogens is 1. The number of pyridine rings is 1. The number of ether oxygens (including phenoxy) is 2. The fourth-order valence-corrected chi connectivity index (χ4v) is 5.74. The molecule has 1 aromatic heterocycles. The Labute approximate surface area is 203 Å². The number of hydrogen-bond acceptors (Lipinski definition) is 7. The van der Waals surface area contributed by atoms with Gasteiger partial charge in [-0.05, 0) is 42.0 Å². The van der Waals surface area contributed by atoms with Crippen LogP contribution in [0.5, 0.6) is 5.75 Å². The number of rotatable bonds is 8. The summed E-state index contributed by atoms with van der Waals surface area (Å²) in [6.07, 6.45) is 1.34. The van der Waals surface area contributed by atoms with Gasteiger partial charge in [-0.2, -0.15) is 4.31 Å². The van der Waals surface area contributed by atoms with Crippen LogP contribution in [-0.2, 0) is 19.6 Å². The van der Waals surface area contributed by atoms with Crippen molar-refractivity contribution in [2.24, 2.45) is 0 Å². The zero-order valence-electron chi connectivity index (χ0n) is 18.6. The Morgan fingerprint density at radius 2 is 1.76 bits per heavy atom. The second-order valence-electron chi connectivity index (χ2n) is 7.47. The number of nitrogens with zero attached hydrogens (tertiary/aromatic N) is 2. The highest BCUT2D eigenvalue weighted by Gasteiger charge is 2.27. The number of thioether (sulfide) groups is 1. The Bertz CT molecular complexity index is 1200. The molecule has 0 spiro atoms. The molecular formula is C24H25N3O5S2. The standard InChI is InChI=1S/C24H25N3O5S2/c1-31-20-9-7-19(8-10-20)26-24(28)23(18-5-3-2-4-6-18)33-22-12-11-21(17-25-22)34(29,30)27-13-15-32-16-14-27/h2-12,17,23H,13-16H2,1H3,(H,26,28). The molecule has 2 heterocycles. The van der Waals surface area contributed by atoms with Crippen LogP contribution >= 0.6 is 11.8 Å². The number of sulfonamides is 1. The molecule has 0 aliphatic carbocycles. The van der Waals surface area contributed by atoms with E-state index in [1.54, 1.807) is 37.4 Å². The van der Waals surface area contributed by atoms with Crippen LogP contribution in [0, 0.1) is 0 Å². The van der Waals surface area contributed by atoms with Gasteiger partial charge < -0.3 is 14.8 Å². The van der Waals surface area contributed by atoms with E-state index in [4.69, 9.17) is 9.47 Å². The lowest BCUT2D eigenvalue weighted by Gasteiger charge is -2.25. The van der Waals surface area contributed by atoms with Crippen molar-refractivity contribution in [1.82, 2.24) is 9.29 Å². The van der Waals surface area contributed by atoms with E-state index in [9.17, 15) is 13.2 Å². The van der Waals surface area contributed by atoms with Crippen LogP contribution in [0.4, 0.5) is 5.69 Å². The minimum atomic E-state index is -3.63. The molecule has 0 saturated carbocycles. The highest BCUT2D eigenvalue weighted by Crippen LogP contribution is 2.35. The van der Waals surface area contributed by atoms with Gasteiger partial charge in [0.2, 0.25) is 15.9 Å². The van der Waals surface area contributed by atoms with E-state index < -0.39 is 15.3 Å². The number of nitrogens with one attached hydrogen (secondary N) is 1. The van der Waals surface area contributed by atoms with Crippen molar-refractivity contribution in [3.05, 3.63) is 78.5 Å². The minimum absolute atomic E-state index is 0.123. The summed E-state index contributed by atoms with van der Waals surface area (Å²) in [5.41, 5.74) is 1.46. The van der Waals surface area contributed by atoms with E-state index in [0.717, 1.165) is 5.56 Å². The smallest absolute Gasteiger partial charge is 0.244 e. The SMILES string of the molecule is COc1ccc(NC(=O)C(Sc2ccc(S(=O)(=O)N3CCOCC3)cn2)c2ccccc2)cc1. The summed E-state index contributed by atoms with van der Waals surface area (Å²) in [5, 5.41) is 2.89. The Morgan fingerprint density at radius 3 is 2.38 bits per heavy atom. The second-order valence-corrected chi connectivity index (χ2v) is 10.5. The quantitative estimate of drug-likeness (QED) is 0.473. The van der Waals surface area contributed by atoms with Crippen LogP contribution in [0.1, 0.15) is 10.8 Å². The van der Waals surface area contributed by atoms with Gasteiger partial charge in [0.15, 0.2) is 0 Å². The average Bonchev–Trinajstić information content (AvgIpc) is 2.89. The number of benzene rings is 2. The van der Waals surface area contributed by atoms with Crippen molar-refractivity contribution < 1.29 is 22.7 Å². The largest absolute Gasteiger partial charge is 0.497 e. The number of methoxy groups -OCH3 is 1. The molecule has 2 aromatic carbocycles. The van der Waals surface area contributed by atoms with Gasteiger partial charge in [0, 0.05) is 25.0 Å². The predicted molar refractivity (Wildman–Crippen MR) is 130 cm³/mol. The number of morpholine rings is 1. The van der Waals surface area contributed by atoms with Crippen molar-refractivity contribution in [3.63, 3.8) is 0 Å². The van der Waals surface area contributed by atoms with E-state index in [1.807, 2.05) is 30.3 Å². The lowest BCUT2D eigenvalue weighted by atomic mass is 10.1. The maximum absolute atomic E-state index is 13.2. The second kappa shape index (κ2) is 11.0.